The third-order valence-electron chi connectivity index (χ3n) is 5.32. The fourth-order valence-corrected chi connectivity index (χ4v) is 4.08. The molecule has 0 spiro atoms. The Morgan fingerprint density at radius 2 is 2.17 bits per heavy atom. The number of amides is 1. The first-order chi connectivity index (χ1) is 11.3. The molecule has 5 heteroatoms. The number of ether oxygens (including phenoxy) is 1. The van der Waals surface area contributed by atoms with Gasteiger partial charge in [-0.2, -0.15) is 0 Å². The zero-order valence-corrected chi connectivity index (χ0v) is 14.3. The van der Waals surface area contributed by atoms with Crippen molar-refractivity contribution in [1.82, 2.24) is 5.32 Å². The predicted molar refractivity (Wildman–Crippen MR) is 90.4 cm³/mol. The summed E-state index contributed by atoms with van der Waals surface area (Å²) in [7, 11) is 0. The lowest BCUT2D eigenvalue weighted by Crippen LogP contribution is -2.62. The quantitative estimate of drug-likeness (QED) is 0.727. The number of rotatable bonds is 2. The second kappa shape index (κ2) is 6.22. The smallest absolute Gasteiger partial charge is 0.217 e. The van der Waals surface area contributed by atoms with Gasteiger partial charge in [0.25, 0.3) is 0 Å². The number of hydrogen-bond acceptors (Lipinski definition) is 4. The highest BCUT2D eigenvalue weighted by atomic mass is 16.5. The van der Waals surface area contributed by atoms with Crippen LogP contribution < -0.4 is 5.32 Å². The van der Waals surface area contributed by atoms with Crippen LogP contribution in [0, 0.1) is 5.92 Å². The highest BCUT2D eigenvalue weighted by Crippen LogP contribution is 2.46. The lowest BCUT2D eigenvalue weighted by Gasteiger charge is -2.52. The van der Waals surface area contributed by atoms with E-state index in [4.69, 9.17) is 4.74 Å². The van der Waals surface area contributed by atoms with Gasteiger partial charge in [-0.15, -0.1) is 0 Å². The van der Waals surface area contributed by atoms with Crippen LogP contribution in [0.1, 0.15) is 45.3 Å². The normalized spacial score (nSPS) is 35.8. The van der Waals surface area contributed by atoms with Gasteiger partial charge < -0.3 is 20.3 Å². The summed E-state index contributed by atoms with van der Waals surface area (Å²) < 4.78 is 6.24. The molecule has 5 nitrogen and oxygen atoms in total. The lowest BCUT2D eigenvalue weighted by molar-refractivity contribution is -0.165. The number of phenols is 1. The molecule has 5 atom stereocenters. The first-order valence-electron chi connectivity index (χ1n) is 8.38. The summed E-state index contributed by atoms with van der Waals surface area (Å²) in [4.78, 5) is 11.8. The van der Waals surface area contributed by atoms with Crippen molar-refractivity contribution >= 4 is 5.91 Å². The van der Waals surface area contributed by atoms with Crippen molar-refractivity contribution in [3.8, 4) is 5.75 Å². The monoisotopic (exact) mass is 331 g/mol. The Morgan fingerprint density at radius 1 is 1.42 bits per heavy atom. The molecule has 0 saturated carbocycles. The predicted octanol–water partition coefficient (Wildman–Crippen LogP) is 2.44. The Hall–Kier alpha value is -1.85. The molecule has 1 fully saturated rings. The van der Waals surface area contributed by atoms with Crippen LogP contribution in [0.4, 0.5) is 0 Å². The van der Waals surface area contributed by atoms with Gasteiger partial charge in [-0.1, -0.05) is 18.2 Å². The first kappa shape index (κ1) is 17.0. The largest absolute Gasteiger partial charge is 0.508 e. The Kier molecular flexibility index (Phi) is 4.40. The highest BCUT2D eigenvalue weighted by molar-refractivity contribution is 5.74. The van der Waals surface area contributed by atoms with Crippen LogP contribution in [0.25, 0.3) is 0 Å². The van der Waals surface area contributed by atoms with Crippen molar-refractivity contribution in [1.29, 1.82) is 0 Å². The van der Waals surface area contributed by atoms with E-state index in [-0.39, 0.29) is 29.8 Å². The van der Waals surface area contributed by atoms with Gasteiger partial charge in [0.05, 0.1) is 12.2 Å². The van der Waals surface area contributed by atoms with Gasteiger partial charge in [0, 0.05) is 24.8 Å². The summed E-state index contributed by atoms with van der Waals surface area (Å²) in [6.07, 6.45) is 2.03. The Balaban J connectivity index is 1.97. The molecule has 1 aliphatic carbocycles. The SMILES string of the molecule is CC(=O)N[C@@]1(C)C[C@@H](c2cccc(O)c2)O[C@H]2[C@H](O)C(C)=CC[C@H]21. The lowest BCUT2D eigenvalue weighted by atomic mass is 9.68. The molecule has 0 unspecified atom stereocenters. The summed E-state index contributed by atoms with van der Waals surface area (Å²) in [5.74, 6) is 0.0990. The average molecular weight is 331 g/mol. The summed E-state index contributed by atoms with van der Waals surface area (Å²) in [5.41, 5.74) is 1.27. The van der Waals surface area contributed by atoms with E-state index in [0.717, 1.165) is 17.6 Å². The molecular formula is C19H25NO4. The number of nitrogens with one attached hydrogen (secondary N) is 1. The van der Waals surface area contributed by atoms with Gasteiger partial charge in [0.15, 0.2) is 0 Å². The number of benzene rings is 1. The zero-order chi connectivity index (χ0) is 17.5. The molecule has 0 aromatic heterocycles. The number of aliphatic hydroxyl groups is 1. The number of fused-ring (bicyclic) bond motifs is 1. The van der Waals surface area contributed by atoms with Crippen molar-refractivity contribution in [3.63, 3.8) is 0 Å². The van der Waals surface area contributed by atoms with E-state index in [9.17, 15) is 15.0 Å². The van der Waals surface area contributed by atoms with Crippen molar-refractivity contribution in [2.24, 2.45) is 5.92 Å². The van der Waals surface area contributed by atoms with Gasteiger partial charge in [-0.05, 0) is 43.5 Å². The maximum absolute atomic E-state index is 11.8. The van der Waals surface area contributed by atoms with E-state index in [1.165, 1.54) is 6.92 Å². The zero-order valence-electron chi connectivity index (χ0n) is 14.3. The number of carbonyl (C=O) groups is 1. The van der Waals surface area contributed by atoms with E-state index < -0.39 is 11.6 Å². The fourth-order valence-electron chi connectivity index (χ4n) is 4.08. The van der Waals surface area contributed by atoms with E-state index in [2.05, 4.69) is 5.32 Å². The molecule has 130 valence electrons. The second-order valence-electron chi connectivity index (χ2n) is 7.22. The van der Waals surface area contributed by atoms with Gasteiger partial charge in [-0.3, -0.25) is 4.79 Å². The minimum Gasteiger partial charge on any atom is -0.508 e. The third-order valence-corrected chi connectivity index (χ3v) is 5.32. The number of hydrogen-bond donors (Lipinski definition) is 3. The molecular weight excluding hydrogens is 306 g/mol. The number of aromatic hydroxyl groups is 1. The van der Waals surface area contributed by atoms with E-state index >= 15 is 0 Å². The van der Waals surface area contributed by atoms with Crippen LogP contribution >= 0.6 is 0 Å². The molecule has 1 saturated heterocycles. The second-order valence-corrected chi connectivity index (χ2v) is 7.22. The van der Waals surface area contributed by atoms with Gasteiger partial charge >= 0.3 is 0 Å². The average Bonchev–Trinajstić information content (AvgIpc) is 2.50. The molecule has 24 heavy (non-hydrogen) atoms. The number of phenolic OH excluding ortho intramolecular Hbond substituents is 1. The summed E-state index contributed by atoms with van der Waals surface area (Å²) in [6, 6.07) is 6.97. The van der Waals surface area contributed by atoms with Crippen molar-refractivity contribution in [2.45, 2.75) is 57.5 Å². The van der Waals surface area contributed by atoms with E-state index in [1.54, 1.807) is 18.2 Å². The van der Waals surface area contributed by atoms with E-state index in [1.807, 2.05) is 26.0 Å². The van der Waals surface area contributed by atoms with Crippen LogP contribution in [0.2, 0.25) is 0 Å². The molecule has 1 aromatic carbocycles. The van der Waals surface area contributed by atoms with Crippen LogP contribution in [0.5, 0.6) is 5.75 Å². The summed E-state index contributed by atoms with van der Waals surface area (Å²) in [5, 5.41) is 23.5. The Labute approximate surface area is 142 Å². The van der Waals surface area contributed by atoms with Crippen molar-refractivity contribution in [3.05, 3.63) is 41.5 Å². The minimum atomic E-state index is -0.683. The molecule has 3 N–H and O–H groups in total. The Morgan fingerprint density at radius 3 is 2.83 bits per heavy atom. The van der Waals surface area contributed by atoms with E-state index in [0.29, 0.717) is 6.42 Å². The first-order valence-corrected chi connectivity index (χ1v) is 8.38. The summed E-state index contributed by atoms with van der Waals surface area (Å²) in [6.45, 7) is 5.43. The van der Waals surface area contributed by atoms with Crippen molar-refractivity contribution in [2.75, 3.05) is 0 Å². The topological polar surface area (TPSA) is 78.8 Å². The van der Waals surface area contributed by atoms with Crippen LogP contribution in [-0.4, -0.2) is 33.9 Å². The number of allylic oxidation sites excluding steroid dienone is 1. The van der Waals surface area contributed by atoms with Gasteiger partial charge in [0.1, 0.15) is 11.9 Å². The highest BCUT2D eigenvalue weighted by Gasteiger charge is 2.50. The fraction of sp³-hybridized carbons (Fsp3) is 0.526. The molecule has 1 aliphatic heterocycles. The van der Waals surface area contributed by atoms with Crippen LogP contribution in [0.15, 0.2) is 35.9 Å². The number of carbonyl (C=O) groups excluding carboxylic acids is 1. The Bertz CT molecular complexity index is 671. The summed E-state index contributed by atoms with van der Waals surface area (Å²) >= 11 is 0. The maximum atomic E-state index is 11.8. The molecule has 1 aromatic rings. The maximum Gasteiger partial charge on any atom is 0.217 e. The molecule has 0 bridgehead atoms. The molecule has 2 aliphatic rings. The molecule has 3 rings (SSSR count). The minimum absolute atomic E-state index is 0.00802. The van der Waals surface area contributed by atoms with Crippen molar-refractivity contribution < 1.29 is 19.7 Å². The molecule has 1 amide bonds. The molecule has 0 radical (unpaired) electrons. The van der Waals surface area contributed by atoms with Crippen LogP contribution in [0.3, 0.4) is 0 Å². The van der Waals surface area contributed by atoms with Gasteiger partial charge in [0.2, 0.25) is 5.91 Å². The van der Waals surface area contributed by atoms with Gasteiger partial charge in [-0.25, -0.2) is 0 Å². The van der Waals surface area contributed by atoms with Crippen LogP contribution in [-0.2, 0) is 9.53 Å². The standard InChI is InChI=1S/C19H25NO4/c1-11-7-8-15-18(17(11)23)24-16(10-19(15,3)20-12(2)21)13-5-4-6-14(22)9-13/h4-7,9,15-18,22-23H,8,10H2,1-3H3,(H,20,21)/t15-,16+,17-,18-,19+/m1/s1. The molecule has 1 heterocycles. The third kappa shape index (κ3) is 3.06. The number of aliphatic hydroxyl groups excluding tert-OH is 1.